The third-order valence-corrected chi connectivity index (χ3v) is 3.22. The van der Waals surface area contributed by atoms with Crippen molar-refractivity contribution in [1.29, 1.82) is 0 Å². The minimum Gasteiger partial charge on any atom is -0.369 e. The molecule has 94 valence electrons. The number of benzene rings is 1. The van der Waals surface area contributed by atoms with Crippen molar-refractivity contribution in [2.45, 2.75) is 18.9 Å². The molecule has 0 saturated carbocycles. The molecular weight excluding hydrogens is 229 g/mol. The van der Waals surface area contributed by atoms with Crippen LogP contribution in [0.2, 0.25) is 0 Å². The molecule has 0 atom stereocenters. The van der Waals surface area contributed by atoms with Crippen LogP contribution in [-0.2, 0) is 0 Å². The molecule has 1 heterocycles. The second-order valence-corrected chi connectivity index (χ2v) is 4.27. The summed E-state index contributed by atoms with van der Waals surface area (Å²) >= 11 is 0. The van der Waals surface area contributed by atoms with Crippen LogP contribution in [-0.4, -0.2) is 26.2 Å². The third-order valence-electron chi connectivity index (χ3n) is 3.22. The van der Waals surface area contributed by atoms with Crippen LogP contribution in [0.1, 0.15) is 12.8 Å². The molecule has 0 unspecified atom stereocenters. The quantitative estimate of drug-likeness (QED) is 0.803. The Morgan fingerprint density at radius 1 is 1.18 bits per heavy atom. The molecule has 0 spiro atoms. The predicted octanol–water partition coefficient (Wildman–Crippen LogP) is 2.29. The van der Waals surface area contributed by atoms with E-state index in [0.717, 1.165) is 18.9 Å². The third kappa shape index (κ3) is 2.54. The molecular formula is C12H15F3N2. The van der Waals surface area contributed by atoms with Gasteiger partial charge in [-0.3, -0.25) is 0 Å². The summed E-state index contributed by atoms with van der Waals surface area (Å²) in [5, 5.41) is 3.14. The van der Waals surface area contributed by atoms with E-state index >= 15 is 0 Å². The summed E-state index contributed by atoms with van der Waals surface area (Å²) in [6, 6.07) is 2.02. The second kappa shape index (κ2) is 4.96. The van der Waals surface area contributed by atoms with Crippen LogP contribution >= 0.6 is 0 Å². The smallest absolute Gasteiger partial charge is 0.182 e. The SMILES string of the molecule is CNC1CCN(c2cc(F)cc(F)c2F)CC1. The first-order chi connectivity index (χ1) is 8.11. The molecule has 2 rings (SSSR count). The zero-order valence-electron chi connectivity index (χ0n) is 9.64. The Morgan fingerprint density at radius 3 is 2.41 bits per heavy atom. The van der Waals surface area contributed by atoms with Crippen molar-refractivity contribution in [2.75, 3.05) is 25.0 Å². The summed E-state index contributed by atoms with van der Waals surface area (Å²) in [4.78, 5) is 1.69. The van der Waals surface area contributed by atoms with Crippen LogP contribution in [0.3, 0.4) is 0 Å². The fraction of sp³-hybridized carbons (Fsp3) is 0.500. The minimum absolute atomic E-state index is 0.0250. The molecule has 5 heteroatoms. The van der Waals surface area contributed by atoms with Gasteiger partial charge in [0.05, 0.1) is 5.69 Å². The van der Waals surface area contributed by atoms with Gasteiger partial charge in [-0.2, -0.15) is 0 Å². The lowest BCUT2D eigenvalue weighted by atomic mass is 10.0. The fourth-order valence-electron chi connectivity index (χ4n) is 2.18. The highest BCUT2D eigenvalue weighted by molar-refractivity contribution is 5.49. The van der Waals surface area contributed by atoms with Gasteiger partial charge in [-0.1, -0.05) is 0 Å². The molecule has 0 aromatic heterocycles. The summed E-state index contributed by atoms with van der Waals surface area (Å²) < 4.78 is 39.7. The average molecular weight is 244 g/mol. The van der Waals surface area contributed by atoms with Gasteiger partial charge >= 0.3 is 0 Å². The number of halogens is 3. The lowest BCUT2D eigenvalue weighted by molar-refractivity contribution is 0.433. The summed E-state index contributed by atoms with van der Waals surface area (Å²) in [5.41, 5.74) is 0.0250. The average Bonchev–Trinajstić information content (AvgIpc) is 2.34. The van der Waals surface area contributed by atoms with Crippen molar-refractivity contribution in [2.24, 2.45) is 0 Å². The molecule has 1 aromatic rings. The molecule has 0 bridgehead atoms. The molecule has 1 fully saturated rings. The van der Waals surface area contributed by atoms with E-state index in [4.69, 9.17) is 0 Å². The van der Waals surface area contributed by atoms with Crippen molar-refractivity contribution >= 4 is 5.69 Å². The Kier molecular flexibility index (Phi) is 3.57. The molecule has 1 aliphatic rings. The van der Waals surface area contributed by atoms with E-state index in [1.807, 2.05) is 7.05 Å². The van der Waals surface area contributed by atoms with E-state index in [1.165, 1.54) is 0 Å². The van der Waals surface area contributed by atoms with Crippen molar-refractivity contribution in [3.63, 3.8) is 0 Å². The maximum Gasteiger partial charge on any atom is 0.182 e. The molecule has 0 radical (unpaired) electrons. The number of anilines is 1. The number of piperidine rings is 1. The number of rotatable bonds is 2. The number of nitrogens with one attached hydrogen (secondary N) is 1. The molecule has 0 amide bonds. The van der Waals surface area contributed by atoms with E-state index < -0.39 is 17.5 Å². The Morgan fingerprint density at radius 2 is 1.82 bits per heavy atom. The first-order valence-corrected chi connectivity index (χ1v) is 5.68. The Labute approximate surface area is 98.4 Å². The Balaban J connectivity index is 2.18. The molecule has 2 nitrogen and oxygen atoms in total. The summed E-state index contributed by atoms with van der Waals surface area (Å²) in [7, 11) is 1.88. The van der Waals surface area contributed by atoms with Gasteiger partial charge in [-0.15, -0.1) is 0 Å². The van der Waals surface area contributed by atoms with Crippen LogP contribution in [0, 0.1) is 17.5 Å². The van der Waals surface area contributed by atoms with Gasteiger partial charge in [-0.25, -0.2) is 13.2 Å². The first-order valence-electron chi connectivity index (χ1n) is 5.68. The Hall–Kier alpha value is -1.23. The van der Waals surface area contributed by atoms with E-state index in [9.17, 15) is 13.2 Å². The van der Waals surface area contributed by atoms with Crippen LogP contribution in [0.25, 0.3) is 0 Å². The fourth-order valence-corrected chi connectivity index (χ4v) is 2.18. The molecule has 17 heavy (non-hydrogen) atoms. The Bertz CT molecular complexity index is 401. The van der Waals surface area contributed by atoms with E-state index in [1.54, 1.807) is 4.90 Å². The highest BCUT2D eigenvalue weighted by Crippen LogP contribution is 2.26. The van der Waals surface area contributed by atoms with Gasteiger partial charge in [0.2, 0.25) is 0 Å². The maximum absolute atomic E-state index is 13.5. The summed E-state index contributed by atoms with van der Waals surface area (Å²) in [6.07, 6.45) is 1.68. The lowest BCUT2D eigenvalue weighted by Crippen LogP contribution is -2.41. The van der Waals surface area contributed by atoms with Crippen LogP contribution in [0.4, 0.5) is 18.9 Å². The van der Waals surface area contributed by atoms with E-state index in [0.29, 0.717) is 25.2 Å². The zero-order valence-corrected chi connectivity index (χ0v) is 9.64. The highest BCUT2D eigenvalue weighted by Gasteiger charge is 2.22. The van der Waals surface area contributed by atoms with Crippen molar-refractivity contribution in [3.8, 4) is 0 Å². The zero-order chi connectivity index (χ0) is 12.4. The van der Waals surface area contributed by atoms with E-state index in [2.05, 4.69) is 5.32 Å². The lowest BCUT2D eigenvalue weighted by Gasteiger charge is -2.33. The molecule has 1 saturated heterocycles. The summed E-state index contributed by atoms with van der Waals surface area (Å²) in [5.74, 6) is -2.83. The molecule has 1 N–H and O–H groups in total. The van der Waals surface area contributed by atoms with Crippen LogP contribution in [0.15, 0.2) is 12.1 Å². The van der Waals surface area contributed by atoms with Gasteiger partial charge in [0.1, 0.15) is 5.82 Å². The number of hydrogen-bond donors (Lipinski definition) is 1. The highest BCUT2D eigenvalue weighted by atomic mass is 19.2. The van der Waals surface area contributed by atoms with Crippen LogP contribution in [0.5, 0.6) is 0 Å². The van der Waals surface area contributed by atoms with Crippen molar-refractivity contribution < 1.29 is 13.2 Å². The van der Waals surface area contributed by atoms with Gasteiger partial charge in [0.15, 0.2) is 11.6 Å². The van der Waals surface area contributed by atoms with Gasteiger partial charge in [-0.05, 0) is 19.9 Å². The number of hydrogen-bond acceptors (Lipinski definition) is 2. The topological polar surface area (TPSA) is 15.3 Å². The maximum atomic E-state index is 13.5. The summed E-state index contributed by atoms with van der Waals surface area (Å²) in [6.45, 7) is 1.20. The molecule has 0 aliphatic carbocycles. The van der Waals surface area contributed by atoms with Crippen molar-refractivity contribution in [3.05, 3.63) is 29.6 Å². The van der Waals surface area contributed by atoms with Gasteiger partial charge < -0.3 is 10.2 Å². The first kappa shape index (κ1) is 12.2. The normalized spacial score (nSPS) is 17.5. The second-order valence-electron chi connectivity index (χ2n) is 4.27. The van der Waals surface area contributed by atoms with Gasteiger partial charge in [0, 0.05) is 31.3 Å². The monoisotopic (exact) mass is 244 g/mol. The standard InChI is InChI=1S/C12H15F3N2/c1-16-9-2-4-17(5-3-9)11-7-8(13)6-10(14)12(11)15/h6-7,9,16H,2-5H2,1H3. The number of nitrogens with zero attached hydrogens (tertiary/aromatic N) is 1. The van der Waals surface area contributed by atoms with Crippen molar-refractivity contribution in [1.82, 2.24) is 5.32 Å². The van der Waals surface area contributed by atoms with Gasteiger partial charge in [0.25, 0.3) is 0 Å². The minimum atomic E-state index is -1.13. The van der Waals surface area contributed by atoms with Crippen LogP contribution < -0.4 is 10.2 Å². The molecule has 1 aromatic carbocycles. The van der Waals surface area contributed by atoms with E-state index in [-0.39, 0.29) is 5.69 Å². The molecule has 1 aliphatic heterocycles. The predicted molar refractivity (Wildman–Crippen MR) is 60.6 cm³/mol. The largest absolute Gasteiger partial charge is 0.369 e.